The van der Waals surface area contributed by atoms with E-state index in [2.05, 4.69) is 5.32 Å². The van der Waals surface area contributed by atoms with Gasteiger partial charge in [-0.25, -0.2) is 14.0 Å². The van der Waals surface area contributed by atoms with Gasteiger partial charge in [0.05, 0.1) is 18.4 Å². The van der Waals surface area contributed by atoms with E-state index in [0.29, 0.717) is 43.9 Å². The molecule has 0 unspecified atom stereocenters. The van der Waals surface area contributed by atoms with Gasteiger partial charge in [0.15, 0.2) is 0 Å². The zero-order chi connectivity index (χ0) is 21.7. The molecule has 0 aliphatic carbocycles. The summed E-state index contributed by atoms with van der Waals surface area (Å²) in [5.74, 6) is -1.11. The summed E-state index contributed by atoms with van der Waals surface area (Å²) >= 11 is 0. The first-order chi connectivity index (χ1) is 14.4. The number of benzene rings is 2. The Balaban J connectivity index is 1.66. The van der Waals surface area contributed by atoms with Crippen molar-refractivity contribution in [3.05, 3.63) is 65.0 Å². The van der Waals surface area contributed by atoms with E-state index in [-0.39, 0.29) is 17.5 Å². The molecule has 0 aromatic heterocycles. The van der Waals surface area contributed by atoms with Crippen LogP contribution >= 0.6 is 0 Å². The van der Waals surface area contributed by atoms with Gasteiger partial charge in [-0.15, -0.1) is 0 Å². The molecule has 0 bridgehead atoms. The highest BCUT2D eigenvalue weighted by Gasteiger charge is 2.24. The number of urea groups is 1. The molecule has 7 nitrogen and oxygen atoms in total. The van der Waals surface area contributed by atoms with E-state index in [4.69, 9.17) is 4.74 Å². The Morgan fingerprint density at radius 2 is 1.63 bits per heavy atom. The fourth-order valence-corrected chi connectivity index (χ4v) is 3.34. The molecule has 0 atom stereocenters. The average Bonchev–Trinajstić information content (AvgIpc) is 3.01. The van der Waals surface area contributed by atoms with Crippen LogP contribution in [0.1, 0.15) is 32.7 Å². The molecule has 1 saturated heterocycles. The van der Waals surface area contributed by atoms with Gasteiger partial charge in [-0.2, -0.15) is 0 Å². The van der Waals surface area contributed by atoms with Crippen molar-refractivity contribution < 1.29 is 23.5 Å². The van der Waals surface area contributed by atoms with Crippen molar-refractivity contribution in [1.29, 1.82) is 0 Å². The summed E-state index contributed by atoms with van der Waals surface area (Å²) in [6.45, 7) is 3.52. The van der Waals surface area contributed by atoms with E-state index in [1.54, 1.807) is 28.0 Å². The topological polar surface area (TPSA) is 79.0 Å². The number of ether oxygens (including phenoxy) is 1. The molecular weight excluding hydrogens is 389 g/mol. The van der Waals surface area contributed by atoms with E-state index in [1.807, 2.05) is 6.92 Å². The van der Waals surface area contributed by atoms with Crippen molar-refractivity contribution >= 4 is 23.6 Å². The number of carbonyl (C=O) groups is 3. The molecule has 1 N–H and O–H groups in total. The molecule has 1 fully saturated rings. The quantitative estimate of drug-likeness (QED) is 0.783. The van der Waals surface area contributed by atoms with Gasteiger partial charge in [0, 0.05) is 31.7 Å². The maximum Gasteiger partial charge on any atom is 0.339 e. The average molecular weight is 413 g/mol. The zero-order valence-electron chi connectivity index (χ0n) is 17.0. The number of carbonyl (C=O) groups excluding carboxylic acids is 3. The molecule has 2 aromatic carbocycles. The lowest BCUT2D eigenvalue weighted by Crippen LogP contribution is -2.39. The van der Waals surface area contributed by atoms with Crippen LogP contribution < -0.4 is 5.32 Å². The second-order valence-electron chi connectivity index (χ2n) is 7.11. The van der Waals surface area contributed by atoms with Crippen molar-refractivity contribution in [3.8, 4) is 0 Å². The van der Waals surface area contributed by atoms with Crippen LogP contribution in [-0.2, 0) is 4.74 Å². The molecule has 30 heavy (non-hydrogen) atoms. The first-order valence-electron chi connectivity index (χ1n) is 9.69. The number of hydrogen-bond donors (Lipinski definition) is 1. The SMILES string of the molecule is COC(=O)c1cc(C)ccc1NC(=O)N1CCCN(C(=O)c2ccc(F)cc2)CC1. The molecule has 1 heterocycles. The second kappa shape index (κ2) is 9.39. The molecule has 2 aromatic rings. The Kier molecular flexibility index (Phi) is 6.66. The molecule has 0 spiro atoms. The summed E-state index contributed by atoms with van der Waals surface area (Å²) in [4.78, 5) is 40.7. The van der Waals surface area contributed by atoms with Crippen LogP contribution in [0.25, 0.3) is 0 Å². The number of esters is 1. The first-order valence-corrected chi connectivity index (χ1v) is 9.69. The van der Waals surface area contributed by atoms with Gasteiger partial charge in [0.2, 0.25) is 0 Å². The van der Waals surface area contributed by atoms with Gasteiger partial charge < -0.3 is 19.9 Å². The Hall–Kier alpha value is -3.42. The Morgan fingerprint density at radius 3 is 2.33 bits per heavy atom. The Morgan fingerprint density at radius 1 is 0.967 bits per heavy atom. The summed E-state index contributed by atoms with van der Waals surface area (Å²) in [6.07, 6.45) is 0.609. The van der Waals surface area contributed by atoms with Gasteiger partial charge in [-0.05, 0) is 49.7 Å². The van der Waals surface area contributed by atoms with E-state index in [0.717, 1.165) is 5.56 Å². The zero-order valence-corrected chi connectivity index (χ0v) is 17.0. The highest BCUT2D eigenvalue weighted by molar-refractivity contribution is 6.01. The maximum atomic E-state index is 13.1. The van der Waals surface area contributed by atoms with Crippen LogP contribution in [0.2, 0.25) is 0 Å². The minimum Gasteiger partial charge on any atom is -0.465 e. The van der Waals surface area contributed by atoms with Gasteiger partial charge in [-0.1, -0.05) is 11.6 Å². The van der Waals surface area contributed by atoms with Gasteiger partial charge >= 0.3 is 12.0 Å². The van der Waals surface area contributed by atoms with E-state index < -0.39 is 11.8 Å². The fraction of sp³-hybridized carbons (Fsp3) is 0.318. The second-order valence-corrected chi connectivity index (χ2v) is 7.11. The fourth-order valence-electron chi connectivity index (χ4n) is 3.34. The van der Waals surface area contributed by atoms with E-state index in [9.17, 15) is 18.8 Å². The van der Waals surface area contributed by atoms with Crippen molar-refractivity contribution in [3.63, 3.8) is 0 Å². The van der Waals surface area contributed by atoms with Gasteiger partial charge in [0.1, 0.15) is 5.82 Å². The summed E-state index contributed by atoms with van der Waals surface area (Å²) in [7, 11) is 1.29. The van der Waals surface area contributed by atoms with Crippen molar-refractivity contribution in [2.75, 3.05) is 38.6 Å². The normalized spacial score (nSPS) is 14.1. The monoisotopic (exact) mass is 413 g/mol. The standard InChI is InChI=1S/C22H24FN3O4/c1-15-4-9-19(18(14-15)21(28)30-2)24-22(29)26-11-3-10-25(12-13-26)20(27)16-5-7-17(23)8-6-16/h4-9,14H,3,10-13H2,1-2H3,(H,24,29). The molecule has 1 aliphatic rings. The molecule has 3 rings (SSSR count). The summed E-state index contributed by atoms with van der Waals surface area (Å²) in [5, 5.41) is 2.77. The molecule has 8 heteroatoms. The molecule has 3 amide bonds. The highest BCUT2D eigenvalue weighted by Crippen LogP contribution is 2.19. The number of amides is 3. The van der Waals surface area contributed by atoms with Crippen LogP contribution in [0.3, 0.4) is 0 Å². The third-order valence-electron chi connectivity index (χ3n) is 4.98. The predicted octanol–water partition coefficient (Wildman–Crippen LogP) is 3.30. The number of rotatable bonds is 3. The van der Waals surface area contributed by atoms with Crippen molar-refractivity contribution in [2.45, 2.75) is 13.3 Å². The summed E-state index contributed by atoms with van der Waals surface area (Å²) in [5.41, 5.74) is 1.95. The number of methoxy groups -OCH3 is 1. The molecule has 0 saturated carbocycles. The lowest BCUT2D eigenvalue weighted by atomic mass is 10.1. The number of halogens is 1. The number of anilines is 1. The Bertz CT molecular complexity index is 946. The van der Waals surface area contributed by atoms with Crippen LogP contribution in [0.5, 0.6) is 0 Å². The lowest BCUT2D eigenvalue weighted by molar-refractivity contribution is 0.0601. The number of aryl methyl sites for hydroxylation is 1. The Labute approximate surface area is 174 Å². The lowest BCUT2D eigenvalue weighted by Gasteiger charge is -2.23. The van der Waals surface area contributed by atoms with Crippen molar-refractivity contribution in [2.24, 2.45) is 0 Å². The van der Waals surface area contributed by atoms with E-state index >= 15 is 0 Å². The summed E-state index contributed by atoms with van der Waals surface area (Å²) < 4.78 is 17.9. The van der Waals surface area contributed by atoms with Gasteiger partial charge in [0.25, 0.3) is 5.91 Å². The van der Waals surface area contributed by atoms with Crippen molar-refractivity contribution in [1.82, 2.24) is 9.80 Å². The molecule has 158 valence electrons. The van der Waals surface area contributed by atoms with Crippen LogP contribution in [0.15, 0.2) is 42.5 Å². The smallest absolute Gasteiger partial charge is 0.339 e. The minimum atomic E-state index is -0.527. The summed E-state index contributed by atoms with van der Waals surface area (Å²) in [6, 6.07) is 10.2. The minimum absolute atomic E-state index is 0.191. The van der Waals surface area contributed by atoms with Crippen LogP contribution in [0.4, 0.5) is 14.9 Å². The van der Waals surface area contributed by atoms with Gasteiger partial charge in [-0.3, -0.25) is 4.79 Å². The number of nitrogens with zero attached hydrogens (tertiary/aromatic N) is 2. The largest absolute Gasteiger partial charge is 0.465 e. The molecule has 0 radical (unpaired) electrons. The molecular formula is C22H24FN3O4. The highest BCUT2D eigenvalue weighted by atomic mass is 19.1. The maximum absolute atomic E-state index is 13.1. The van der Waals surface area contributed by atoms with E-state index in [1.165, 1.54) is 31.4 Å². The first kappa shape index (κ1) is 21.3. The molecule has 1 aliphatic heterocycles. The predicted molar refractivity (Wildman–Crippen MR) is 110 cm³/mol. The third kappa shape index (κ3) is 4.94. The third-order valence-corrected chi connectivity index (χ3v) is 4.98. The number of nitrogens with one attached hydrogen (secondary N) is 1. The number of hydrogen-bond acceptors (Lipinski definition) is 4. The van der Waals surface area contributed by atoms with Crippen LogP contribution in [0, 0.1) is 12.7 Å². The van der Waals surface area contributed by atoms with Crippen LogP contribution in [-0.4, -0.2) is 61.0 Å².